The SMILES string of the molecule is COc1ccc(/C=C2\SC(=Nc3ccc(Cl)cc3C)NC2=O)cc1OC. The normalized spacial score (nSPS) is 16.8. The number of amidine groups is 1. The number of amides is 1. The second kappa shape index (κ2) is 7.85. The molecule has 0 atom stereocenters. The van der Waals surface area contributed by atoms with Crippen molar-refractivity contribution >= 4 is 46.2 Å². The molecule has 0 aromatic heterocycles. The smallest absolute Gasteiger partial charge is 0.264 e. The minimum absolute atomic E-state index is 0.185. The third-order valence-corrected chi connectivity index (χ3v) is 4.88. The van der Waals surface area contributed by atoms with Gasteiger partial charge in [0.15, 0.2) is 16.7 Å². The molecule has 0 saturated carbocycles. The first kappa shape index (κ1) is 18.4. The van der Waals surface area contributed by atoms with Crippen LogP contribution in [0.4, 0.5) is 5.69 Å². The van der Waals surface area contributed by atoms with Crippen LogP contribution in [0.25, 0.3) is 6.08 Å². The molecule has 1 aliphatic rings. The molecular weight excluding hydrogens is 372 g/mol. The average Bonchev–Trinajstić information content (AvgIpc) is 2.96. The van der Waals surface area contributed by atoms with E-state index in [1.54, 1.807) is 32.4 Å². The summed E-state index contributed by atoms with van der Waals surface area (Å²) in [6.07, 6.45) is 1.79. The molecule has 5 nitrogen and oxygen atoms in total. The number of rotatable bonds is 4. The van der Waals surface area contributed by atoms with Crippen molar-refractivity contribution in [2.24, 2.45) is 4.99 Å². The number of carbonyl (C=O) groups excluding carboxylic acids is 1. The Morgan fingerprint density at radius 3 is 2.58 bits per heavy atom. The first-order valence-corrected chi connectivity index (χ1v) is 8.97. The zero-order chi connectivity index (χ0) is 18.7. The van der Waals surface area contributed by atoms with Crippen molar-refractivity contribution in [3.8, 4) is 11.5 Å². The summed E-state index contributed by atoms with van der Waals surface area (Å²) in [6.45, 7) is 1.92. The summed E-state index contributed by atoms with van der Waals surface area (Å²) in [5.74, 6) is 1.06. The van der Waals surface area contributed by atoms with Crippen molar-refractivity contribution in [1.82, 2.24) is 5.32 Å². The summed E-state index contributed by atoms with van der Waals surface area (Å²) in [5, 5.41) is 3.97. The topological polar surface area (TPSA) is 59.9 Å². The largest absolute Gasteiger partial charge is 0.493 e. The van der Waals surface area contributed by atoms with Gasteiger partial charge in [0.25, 0.3) is 5.91 Å². The van der Waals surface area contributed by atoms with Gasteiger partial charge in [0.1, 0.15) is 0 Å². The number of hydrogen-bond donors (Lipinski definition) is 1. The van der Waals surface area contributed by atoms with Crippen LogP contribution in [-0.4, -0.2) is 25.3 Å². The standard InChI is InChI=1S/C19H17ClN2O3S/c1-11-8-13(20)5-6-14(11)21-19-22-18(23)17(26-19)10-12-4-7-15(24-2)16(9-12)25-3/h4-10H,1-3H3,(H,21,22,23)/b17-10-. The van der Waals surface area contributed by atoms with E-state index in [4.69, 9.17) is 21.1 Å². The van der Waals surface area contributed by atoms with Crippen molar-refractivity contribution in [2.45, 2.75) is 6.92 Å². The van der Waals surface area contributed by atoms with Crippen LogP contribution in [-0.2, 0) is 4.79 Å². The summed E-state index contributed by atoms with van der Waals surface area (Å²) >= 11 is 7.25. The van der Waals surface area contributed by atoms with E-state index in [2.05, 4.69) is 10.3 Å². The van der Waals surface area contributed by atoms with Gasteiger partial charge in [-0.3, -0.25) is 4.79 Å². The first-order chi connectivity index (χ1) is 12.5. The van der Waals surface area contributed by atoms with E-state index in [9.17, 15) is 4.79 Å². The van der Waals surface area contributed by atoms with Crippen molar-refractivity contribution in [1.29, 1.82) is 0 Å². The minimum atomic E-state index is -0.185. The number of benzene rings is 2. The Morgan fingerprint density at radius 1 is 1.12 bits per heavy atom. The zero-order valence-electron chi connectivity index (χ0n) is 14.5. The van der Waals surface area contributed by atoms with Crippen molar-refractivity contribution < 1.29 is 14.3 Å². The number of nitrogens with zero attached hydrogens (tertiary/aromatic N) is 1. The van der Waals surface area contributed by atoms with Crippen LogP contribution in [0.2, 0.25) is 5.02 Å². The Hall–Kier alpha value is -2.44. The fourth-order valence-corrected chi connectivity index (χ4v) is 3.49. The molecule has 1 aliphatic heterocycles. The van der Waals surface area contributed by atoms with E-state index in [1.165, 1.54) is 11.8 Å². The highest BCUT2D eigenvalue weighted by molar-refractivity contribution is 8.18. The van der Waals surface area contributed by atoms with Gasteiger partial charge in [-0.15, -0.1) is 0 Å². The number of aryl methyl sites for hydroxylation is 1. The summed E-state index contributed by atoms with van der Waals surface area (Å²) in [5.41, 5.74) is 2.55. The van der Waals surface area contributed by atoms with Crippen molar-refractivity contribution in [3.63, 3.8) is 0 Å². The van der Waals surface area contributed by atoms with Gasteiger partial charge >= 0.3 is 0 Å². The minimum Gasteiger partial charge on any atom is -0.493 e. The van der Waals surface area contributed by atoms with Gasteiger partial charge in [-0.2, -0.15) is 0 Å². The number of methoxy groups -OCH3 is 2. The number of halogens is 1. The molecule has 0 spiro atoms. The molecule has 2 aromatic rings. The Bertz CT molecular complexity index is 925. The van der Waals surface area contributed by atoms with Crippen LogP contribution in [0.1, 0.15) is 11.1 Å². The van der Waals surface area contributed by atoms with Crippen LogP contribution in [0.5, 0.6) is 11.5 Å². The van der Waals surface area contributed by atoms with Crippen LogP contribution < -0.4 is 14.8 Å². The fourth-order valence-electron chi connectivity index (χ4n) is 2.43. The monoisotopic (exact) mass is 388 g/mol. The predicted molar refractivity (Wildman–Crippen MR) is 107 cm³/mol. The molecule has 1 N–H and O–H groups in total. The number of aliphatic imine (C=N–C) groups is 1. The Labute approximate surface area is 161 Å². The van der Waals surface area contributed by atoms with E-state index in [0.717, 1.165) is 16.8 Å². The number of ether oxygens (including phenoxy) is 2. The van der Waals surface area contributed by atoms with Gasteiger partial charge in [-0.05, 0) is 66.2 Å². The Kier molecular flexibility index (Phi) is 5.54. The van der Waals surface area contributed by atoms with E-state index in [0.29, 0.717) is 26.6 Å². The molecule has 3 rings (SSSR count). The Balaban J connectivity index is 1.85. The molecule has 2 aromatic carbocycles. The van der Waals surface area contributed by atoms with E-state index in [1.807, 2.05) is 31.2 Å². The molecule has 1 heterocycles. The lowest BCUT2D eigenvalue weighted by molar-refractivity contribution is -0.115. The summed E-state index contributed by atoms with van der Waals surface area (Å²) in [6, 6.07) is 10.9. The van der Waals surface area contributed by atoms with E-state index in [-0.39, 0.29) is 5.91 Å². The molecule has 0 unspecified atom stereocenters. The van der Waals surface area contributed by atoms with Crippen LogP contribution in [0.15, 0.2) is 46.3 Å². The molecule has 134 valence electrons. The second-order valence-corrected chi connectivity index (χ2v) is 6.99. The predicted octanol–water partition coefficient (Wildman–Crippen LogP) is 4.56. The van der Waals surface area contributed by atoms with Gasteiger partial charge in [0.05, 0.1) is 24.8 Å². The molecule has 26 heavy (non-hydrogen) atoms. The van der Waals surface area contributed by atoms with Gasteiger partial charge in [0.2, 0.25) is 0 Å². The van der Waals surface area contributed by atoms with Gasteiger partial charge in [-0.1, -0.05) is 17.7 Å². The maximum absolute atomic E-state index is 12.2. The highest BCUT2D eigenvalue weighted by atomic mass is 35.5. The fraction of sp³-hybridized carbons (Fsp3) is 0.158. The maximum atomic E-state index is 12.2. The molecular formula is C19H17ClN2O3S. The molecule has 1 fully saturated rings. The molecule has 1 amide bonds. The van der Waals surface area contributed by atoms with E-state index < -0.39 is 0 Å². The van der Waals surface area contributed by atoms with Crippen LogP contribution in [0.3, 0.4) is 0 Å². The lowest BCUT2D eigenvalue weighted by Gasteiger charge is -2.07. The number of nitrogens with one attached hydrogen (secondary N) is 1. The van der Waals surface area contributed by atoms with Crippen molar-refractivity contribution in [3.05, 3.63) is 57.5 Å². The van der Waals surface area contributed by atoms with Gasteiger partial charge in [-0.25, -0.2) is 4.99 Å². The molecule has 7 heteroatoms. The summed E-state index contributed by atoms with van der Waals surface area (Å²) in [7, 11) is 3.16. The highest BCUT2D eigenvalue weighted by Gasteiger charge is 2.24. The number of thioether (sulfide) groups is 1. The Morgan fingerprint density at radius 2 is 1.88 bits per heavy atom. The lowest BCUT2D eigenvalue weighted by Crippen LogP contribution is -2.19. The van der Waals surface area contributed by atoms with Gasteiger partial charge < -0.3 is 14.8 Å². The summed E-state index contributed by atoms with van der Waals surface area (Å²) < 4.78 is 10.5. The third-order valence-electron chi connectivity index (χ3n) is 3.74. The average molecular weight is 389 g/mol. The molecule has 1 saturated heterocycles. The number of hydrogen-bond acceptors (Lipinski definition) is 5. The lowest BCUT2D eigenvalue weighted by atomic mass is 10.2. The molecule has 0 bridgehead atoms. The molecule has 0 aliphatic carbocycles. The quantitative estimate of drug-likeness (QED) is 0.780. The highest BCUT2D eigenvalue weighted by Crippen LogP contribution is 2.32. The van der Waals surface area contributed by atoms with Crippen molar-refractivity contribution in [2.75, 3.05) is 14.2 Å². The van der Waals surface area contributed by atoms with Crippen LogP contribution >= 0.6 is 23.4 Å². The second-order valence-electron chi connectivity index (χ2n) is 5.53. The number of carbonyl (C=O) groups is 1. The summed E-state index contributed by atoms with van der Waals surface area (Å²) in [4.78, 5) is 17.3. The van der Waals surface area contributed by atoms with Gasteiger partial charge in [0, 0.05) is 5.02 Å². The molecule has 0 radical (unpaired) electrons. The van der Waals surface area contributed by atoms with Crippen LogP contribution in [0, 0.1) is 6.92 Å². The first-order valence-electron chi connectivity index (χ1n) is 7.78. The zero-order valence-corrected chi connectivity index (χ0v) is 16.1. The third kappa shape index (κ3) is 4.03. The van der Waals surface area contributed by atoms with E-state index >= 15 is 0 Å². The maximum Gasteiger partial charge on any atom is 0.264 e.